The van der Waals surface area contributed by atoms with Gasteiger partial charge in [0.15, 0.2) is 5.82 Å². The number of hydrogen-bond donors (Lipinski definition) is 3. The quantitative estimate of drug-likeness (QED) is 0.582. The SMILES string of the molecule is Cc1ccc(C(C)NC(=O)c2cc(Br)cnc2NN)s1. The van der Waals surface area contributed by atoms with Crippen LogP contribution in [0.3, 0.4) is 0 Å². The van der Waals surface area contributed by atoms with Gasteiger partial charge in [-0.05, 0) is 48.0 Å². The fourth-order valence-electron chi connectivity index (χ4n) is 1.76. The third-order valence-electron chi connectivity index (χ3n) is 2.77. The minimum Gasteiger partial charge on any atom is -0.345 e. The van der Waals surface area contributed by atoms with E-state index >= 15 is 0 Å². The molecule has 0 aliphatic heterocycles. The first-order valence-electron chi connectivity index (χ1n) is 6.00. The fraction of sp³-hybridized carbons (Fsp3) is 0.231. The minimum absolute atomic E-state index is 0.0641. The maximum atomic E-state index is 12.3. The van der Waals surface area contributed by atoms with E-state index in [2.05, 4.69) is 31.7 Å². The lowest BCUT2D eigenvalue weighted by Crippen LogP contribution is -2.28. The van der Waals surface area contributed by atoms with Gasteiger partial charge in [-0.3, -0.25) is 4.79 Å². The van der Waals surface area contributed by atoms with E-state index in [-0.39, 0.29) is 11.9 Å². The molecule has 0 spiro atoms. The van der Waals surface area contributed by atoms with Gasteiger partial charge in [0.05, 0.1) is 11.6 Å². The van der Waals surface area contributed by atoms with Crippen molar-refractivity contribution in [2.75, 3.05) is 5.43 Å². The minimum atomic E-state index is -0.217. The Morgan fingerprint density at radius 2 is 2.25 bits per heavy atom. The van der Waals surface area contributed by atoms with Crippen molar-refractivity contribution < 1.29 is 4.79 Å². The second-order valence-corrected chi connectivity index (χ2v) is 6.57. The topological polar surface area (TPSA) is 80.0 Å². The first kappa shape index (κ1) is 15.0. The van der Waals surface area contributed by atoms with Crippen LogP contribution in [0.1, 0.15) is 33.1 Å². The summed E-state index contributed by atoms with van der Waals surface area (Å²) in [5.41, 5.74) is 2.84. The van der Waals surface area contributed by atoms with Gasteiger partial charge in [0.25, 0.3) is 5.91 Å². The van der Waals surface area contributed by atoms with Crippen molar-refractivity contribution in [2.45, 2.75) is 19.9 Å². The zero-order valence-corrected chi connectivity index (χ0v) is 13.5. The van der Waals surface area contributed by atoms with Gasteiger partial charge in [0.1, 0.15) is 0 Å². The lowest BCUT2D eigenvalue weighted by Gasteiger charge is -2.14. The molecule has 0 saturated heterocycles. The van der Waals surface area contributed by atoms with E-state index in [4.69, 9.17) is 5.84 Å². The second-order valence-electron chi connectivity index (χ2n) is 4.34. The highest BCUT2D eigenvalue weighted by atomic mass is 79.9. The van der Waals surface area contributed by atoms with Crippen LogP contribution >= 0.6 is 27.3 Å². The van der Waals surface area contributed by atoms with Gasteiger partial charge < -0.3 is 10.7 Å². The third kappa shape index (κ3) is 3.36. The van der Waals surface area contributed by atoms with E-state index in [1.165, 1.54) is 4.88 Å². The van der Waals surface area contributed by atoms with Crippen LogP contribution in [0.25, 0.3) is 0 Å². The van der Waals surface area contributed by atoms with Gasteiger partial charge >= 0.3 is 0 Å². The van der Waals surface area contributed by atoms with Crippen LogP contribution in [0.15, 0.2) is 28.9 Å². The maximum absolute atomic E-state index is 12.3. The van der Waals surface area contributed by atoms with Gasteiger partial charge in [-0.25, -0.2) is 10.8 Å². The number of rotatable bonds is 4. The lowest BCUT2D eigenvalue weighted by molar-refractivity contribution is 0.0941. The average molecular weight is 355 g/mol. The first-order valence-corrected chi connectivity index (χ1v) is 7.61. The Kier molecular flexibility index (Phi) is 4.74. The first-order chi connectivity index (χ1) is 9.51. The van der Waals surface area contributed by atoms with Gasteiger partial charge in [0, 0.05) is 20.4 Å². The second kappa shape index (κ2) is 6.34. The summed E-state index contributed by atoms with van der Waals surface area (Å²) in [7, 11) is 0. The highest BCUT2D eigenvalue weighted by molar-refractivity contribution is 9.10. The molecule has 4 N–H and O–H groups in total. The Morgan fingerprint density at radius 1 is 1.50 bits per heavy atom. The Morgan fingerprint density at radius 3 is 2.85 bits per heavy atom. The number of carbonyl (C=O) groups excluding carboxylic acids is 1. The number of nitrogens with one attached hydrogen (secondary N) is 2. The highest BCUT2D eigenvalue weighted by Gasteiger charge is 2.16. The number of nitrogens with zero attached hydrogens (tertiary/aromatic N) is 1. The van der Waals surface area contributed by atoms with Crippen LogP contribution in [-0.4, -0.2) is 10.9 Å². The number of aryl methyl sites for hydroxylation is 1. The molecule has 20 heavy (non-hydrogen) atoms. The van der Waals surface area contributed by atoms with Crippen molar-refractivity contribution in [1.82, 2.24) is 10.3 Å². The number of pyridine rings is 1. The normalized spacial score (nSPS) is 12.0. The Balaban J connectivity index is 2.18. The number of thiophene rings is 1. The van der Waals surface area contributed by atoms with Crippen LogP contribution < -0.4 is 16.6 Å². The number of nitrogens with two attached hydrogens (primary N) is 1. The summed E-state index contributed by atoms with van der Waals surface area (Å²) in [5, 5.41) is 2.94. The summed E-state index contributed by atoms with van der Waals surface area (Å²) in [4.78, 5) is 18.7. The van der Waals surface area contributed by atoms with Gasteiger partial charge in [-0.1, -0.05) is 0 Å². The summed E-state index contributed by atoms with van der Waals surface area (Å²) in [6.45, 7) is 3.99. The van der Waals surface area contributed by atoms with Crippen molar-refractivity contribution in [3.63, 3.8) is 0 Å². The third-order valence-corrected chi connectivity index (χ3v) is 4.39. The molecule has 7 heteroatoms. The molecular formula is C13H15BrN4OS. The molecule has 2 aromatic rings. The molecule has 0 bridgehead atoms. The van der Waals surface area contributed by atoms with E-state index in [9.17, 15) is 4.79 Å². The number of aromatic nitrogens is 1. The van der Waals surface area contributed by atoms with Crippen molar-refractivity contribution >= 4 is 39.0 Å². The zero-order valence-electron chi connectivity index (χ0n) is 11.1. The molecule has 1 atom stereocenters. The van der Waals surface area contributed by atoms with Gasteiger partial charge in [-0.15, -0.1) is 11.3 Å². The molecule has 0 saturated carbocycles. The molecule has 0 fully saturated rings. The Hall–Kier alpha value is -1.44. The van der Waals surface area contributed by atoms with Crippen LogP contribution in [0.4, 0.5) is 5.82 Å². The Labute approximate surface area is 129 Å². The van der Waals surface area contributed by atoms with E-state index in [0.29, 0.717) is 11.4 Å². The molecule has 0 aliphatic carbocycles. The smallest absolute Gasteiger partial charge is 0.255 e. The van der Waals surface area contributed by atoms with Crippen molar-refractivity contribution in [3.8, 4) is 0 Å². The van der Waals surface area contributed by atoms with E-state index in [1.807, 2.05) is 26.0 Å². The molecule has 0 aromatic carbocycles. The van der Waals surface area contributed by atoms with Crippen LogP contribution in [0, 0.1) is 6.92 Å². The fourth-order valence-corrected chi connectivity index (χ4v) is 2.97. The molecule has 2 heterocycles. The molecule has 1 unspecified atom stereocenters. The van der Waals surface area contributed by atoms with Crippen LogP contribution in [0.5, 0.6) is 0 Å². The van der Waals surface area contributed by atoms with E-state index in [1.54, 1.807) is 23.6 Å². The molecule has 2 aromatic heterocycles. The van der Waals surface area contributed by atoms with Crippen LogP contribution in [-0.2, 0) is 0 Å². The van der Waals surface area contributed by atoms with Crippen molar-refractivity contribution in [3.05, 3.63) is 44.2 Å². The zero-order chi connectivity index (χ0) is 14.7. The summed E-state index contributed by atoms with van der Waals surface area (Å²) in [6.07, 6.45) is 1.58. The standard InChI is InChI=1S/C13H15BrN4OS/c1-7-3-4-11(20-7)8(2)17-13(19)10-5-9(14)6-16-12(10)18-15/h3-6,8H,15H2,1-2H3,(H,16,18)(H,17,19). The largest absolute Gasteiger partial charge is 0.345 e. The van der Waals surface area contributed by atoms with Crippen LogP contribution in [0.2, 0.25) is 0 Å². The molecular weight excluding hydrogens is 340 g/mol. The molecule has 0 radical (unpaired) electrons. The summed E-state index contributed by atoms with van der Waals surface area (Å²) >= 11 is 4.97. The Bertz CT molecular complexity index is 629. The number of amides is 1. The molecule has 2 rings (SSSR count). The van der Waals surface area contributed by atoms with Gasteiger partial charge in [0.2, 0.25) is 0 Å². The number of carbonyl (C=O) groups is 1. The maximum Gasteiger partial charge on any atom is 0.255 e. The number of hydrazine groups is 1. The molecule has 1 amide bonds. The van der Waals surface area contributed by atoms with Crippen molar-refractivity contribution in [1.29, 1.82) is 0 Å². The number of halogens is 1. The summed E-state index contributed by atoms with van der Waals surface area (Å²) < 4.78 is 0.723. The molecule has 0 aliphatic rings. The summed E-state index contributed by atoms with van der Waals surface area (Å²) in [6, 6.07) is 5.68. The molecule has 106 valence electrons. The lowest BCUT2D eigenvalue weighted by atomic mass is 10.2. The van der Waals surface area contributed by atoms with Gasteiger partial charge in [-0.2, -0.15) is 0 Å². The predicted molar refractivity (Wildman–Crippen MR) is 84.7 cm³/mol. The number of anilines is 1. The average Bonchev–Trinajstić information content (AvgIpc) is 2.85. The van der Waals surface area contributed by atoms with E-state index < -0.39 is 0 Å². The molecule has 5 nitrogen and oxygen atoms in total. The highest BCUT2D eigenvalue weighted by Crippen LogP contribution is 2.23. The van der Waals surface area contributed by atoms with E-state index in [0.717, 1.165) is 9.35 Å². The monoisotopic (exact) mass is 354 g/mol. The number of hydrogen-bond acceptors (Lipinski definition) is 5. The predicted octanol–water partition coefficient (Wildman–Crippen LogP) is 2.99. The van der Waals surface area contributed by atoms with Crippen molar-refractivity contribution in [2.24, 2.45) is 5.84 Å². The number of nitrogen functional groups attached to an aromatic ring is 1. The summed E-state index contributed by atoms with van der Waals surface area (Å²) in [5.74, 6) is 5.51.